The molecule has 1 amide bonds. The fourth-order valence-corrected chi connectivity index (χ4v) is 5.22. The number of nitrogens with one attached hydrogen (secondary N) is 3. The Morgan fingerprint density at radius 2 is 2.21 bits per heavy atom. The topological polar surface area (TPSA) is 78.4 Å². The summed E-state index contributed by atoms with van der Waals surface area (Å²) in [5.74, 6) is -0.224. The van der Waals surface area contributed by atoms with Gasteiger partial charge in [-0.15, -0.1) is 35.0 Å². The number of pyridine rings is 1. The molecule has 2 aliphatic rings. The zero-order valence-corrected chi connectivity index (χ0v) is 17.6. The number of rotatable bonds is 8. The molecule has 0 bridgehead atoms. The number of aromatic nitrogens is 1. The lowest BCUT2D eigenvalue weighted by molar-refractivity contribution is -0.115. The Morgan fingerprint density at radius 3 is 2.86 bits per heavy atom. The Balaban J connectivity index is 1.68. The minimum atomic E-state index is -0.670. The van der Waals surface area contributed by atoms with Crippen LogP contribution in [0.15, 0.2) is 17.1 Å². The van der Waals surface area contributed by atoms with E-state index in [0.717, 1.165) is 26.3 Å². The van der Waals surface area contributed by atoms with Crippen molar-refractivity contribution in [2.75, 3.05) is 50.2 Å². The van der Waals surface area contributed by atoms with Crippen LogP contribution in [0, 0.1) is 0 Å². The highest BCUT2D eigenvalue weighted by Crippen LogP contribution is 2.39. The van der Waals surface area contributed by atoms with E-state index in [0.29, 0.717) is 24.3 Å². The van der Waals surface area contributed by atoms with Gasteiger partial charge in [0.1, 0.15) is 12.4 Å². The molecule has 3 N–H and O–H groups in total. The highest BCUT2D eigenvalue weighted by atomic mass is 35.5. The molecular formula is C17H24Cl2FN5O2S. The van der Waals surface area contributed by atoms with Gasteiger partial charge >= 0.3 is 0 Å². The van der Waals surface area contributed by atoms with Crippen LogP contribution in [0.25, 0.3) is 0 Å². The number of hydrogen-bond donors (Lipinski definition) is 3. The average Bonchev–Trinajstić information content (AvgIpc) is 3.29. The summed E-state index contributed by atoms with van der Waals surface area (Å²) in [4.78, 5) is 27.3. The standard InChI is InChI=1S/C17H24Cl2FN5O2S/c18-12-8-14(28-15(12)19)16(26)23-11-7-13(17(27)25(9-11)4-1-20)22-3-6-24-5-2-21-10-24/h7,9,12,14-15,21-22H,1-6,8,10H2,(H,23,26). The van der Waals surface area contributed by atoms with E-state index in [1.54, 1.807) is 6.07 Å². The molecule has 7 nitrogen and oxygen atoms in total. The van der Waals surface area contributed by atoms with Crippen LogP contribution in [0.4, 0.5) is 15.8 Å². The molecule has 0 spiro atoms. The molecule has 1 aromatic rings. The molecule has 0 aromatic carbocycles. The maximum Gasteiger partial charge on any atom is 0.274 e. The number of aryl methyl sites for hydroxylation is 1. The number of alkyl halides is 3. The van der Waals surface area contributed by atoms with Gasteiger partial charge in [-0.1, -0.05) is 0 Å². The molecule has 3 rings (SSSR count). The van der Waals surface area contributed by atoms with Crippen molar-refractivity contribution in [2.24, 2.45) is 0 Å². The van der Waals surface area contributed by atoms with Crippen molar-refractivity contribution in [3.8, 4) is 0 Å². The molecule has 0 radical (unpaired) electrons. The van der Waals surface area contributed by atoms with E-state index >= 15 is 0 Å². The molecule has 3 heterocycles. The van der Waals surface area contributed by atoms with Crippen LogP contribution in [-0.4, -0.2) is 70.2 Å². The summed E-state index contributed by atoms with van der Waals surface area (Å²) in [6.45, 7) is 3.35. The summed E-state index contributed by atoms with van der Waals surface area (Å²) in [6.07, 6.45) is 1.94. The molecule has 3 atom stereocenters. The summed E-state index contributed by atoms with van der Waals surface area (Å²) in [6, 6.07) is 1.59. The zero-order valence-electron chi connectivity index (χ0n) is 15.3. The molecular weight excluding hydrogens is 428 g/mol. The predicted molar refractivity (Wildman–Crippen MR) is 114 cm³/mol. The van der Waals surface area contributed by atoms with Crippen molar-refractivity contribution < 1.29 is 9.18 Å². The molecule has 1 aromatic heterocycles. The van der Waals surface area contributed by atoms with Crippen LogP contribution in [0.1, 0.15) is 6.42 Å². The van der Waals surface area contributed by atoms with Gasteiger partial charge in [-0.3, -0.25) is 14.5 Å². The Hall–Kier alpha value is -1.00. The van der Waals surface area contributed by atoms with E-state index in [1.807, 2.05) is 0 Å². The van der Waals surface area contributed by atoms with Gasteiger partial charge in [0.2, 0.25) is 5.91 Å². The average molecular weight is 452 g/mol. The third kappa shape index (κ3) is 5.54. The minimum Gasteiger partial charge on any atom is -0.379 e. The highest BCUT2D eigenvalue weighted by molar-refractivity contribution is 8.02. The van der Waals surface area contributed by atoms with Crippen molar-refractivity contribution in [3.63, 3.8) is 0 Å². The molecule has 0 aliphatic carbocycles. The Kier molecular flexibility index (Phi) is 7.87. The number of nitrogens with zero attached hydrogens (tertiary/aromatic N) is 2. The van der Waals surface area contributed by atoms with Crippen LogP contribution in [0.2, 0.25) is 0 Å². The lowest BCUT2D eigenvalue weighted by Gasteiger charge is -2.17. The summed E-state index contributed by atoms with van der Waals surface area (Å²) in [7, 11) is 0. The molecule has 0 saturated carbocycles. The summed E-state index contributed by atoms with van der Waals surface area (Å²) >= 11 is 13.5. The number of hydrogen-bond acceptors (Lipinski definition) is 6. The van der Waals surface area contributed by atoms with Crippen LogP contribution in [-0.2, 0) is 11.3 Å². The fourth-order valence-electron chi connectivity index (χ4n) is 3.18. The molecule has 2 saturated heterocycles. The van der Waals surface area contributed by atoms with Crippen molar-refractivity contribution in [1.29, 1.82) is 0 Å². The van der Waals surface area contributed by atoms with E-state index in [2.05, 4.69) is 20.9 Å². The molecule has 2 fully saturated rings. The monoisotopic (exact) mass is 451 g/mol. The van der Waals surface area contributed by atoms with Gasteiger partial charge < -0.3 is 20.5 Å². The van der Waals surface area contributed by atoms with Gasteiger partial charge in [0.15, 0.2) is 0 Å². The van der Waals surface area contributed by atoms with Gasteiger partial charge in [-0.2, -0.15) is 0 Å². The van der Waals surface area contributed by atoms with Crippen molar-refractivity contribution in [2.45, 2.75) is 28.3 Å². The number of carbonyl (C=O) groups is 1. The second-order valence-corrected chi connectivity index (χ2v) is 9.39. The minimum absolute atomic E-state index is 0.0705. The van der Waals surface area contributed by atoms with E-state index in [1.165, 1.54) is 22.5 Å². The second kappa shape index (κ2) is 10.2. The smallest absolute Gasteiger partial charge is 0.274 e. The summed E-state index contributed by atoms with van der Waals surface area (Å²) in [5, 5.41) is 8.54. The van der Waals surface area contributed by atoms with Crippen LogP contribution in [0.3, 0.4) is 0 Å². The van der Waals surface area contributed by atoms with Gasteiger partial charge in [0, 0.05) is 39.0 Å². The second-order valence-electron chi connectivity index (χ2n) is 6.75. The van der Waals surface area contributed by atoms with Crippen molar-refractivity contribution >= 4 is 52.2 Å². The van der Waals surface area contributed by atoms with Gasteiger partial charge in [0.05, 0.1) is 27.6 Å². The molecule has 156 valence electrons. The number of amides is 1. The normalized spacial score (nSPS) is 25.2. The van der Waals surface area contributed by atoms with Gasteiger partial charge in [-0.25, -0.2) is 4.39 Å². The first-order valence-electron chi connectivity index (χ1n) is 9.20. The number of anilines is 2. The van der Waals surface area contributed by atoms with E-state index in [-0.39, 0.29) is 33.3 Å². The largest absolute Gasteiger partial charge is 0.379 e. The number of carbonyl (C=O) groups excluding carboxylic acids is 1. The fraction of sp³-hybridized carbons (Fsp3) is 0.647. The lowest BCUT2D eigenvalue weighted by Crippen LogP contribution is -2.31. The first-order chi connectivity index (χ1) is 13.5. The third-order valence-corrected chi connectivity index (χ3v) is 7.32. The van der Waals surface area contributed by atoms with Crippen LogP contribution < -0.4 is 21.5 Å². The zero-order chi connectivity index (χ0) is 20.1. The number of halogens is 3. The molecule has 2 aliphatic heterocycles. The first kappa shape index (κ1) is 21.7. The molecule has 3 unspecified atom stereocenters. The maximum absolute atomic E-state index is 12.9. The Morgan fingerprint density at radius 1 is 1.39 bits per heavy atom. The van der Waals surface area contributed by atoms with E-state index in [4.69, 9.17) is 23.2 Å². The van der Waals surface area contributed by atoms with E-state index in [9.17, 15) is 14.0 Å². The van der Waals surface area contributed by atoms with Gasteiger partial charge in [-0.05, 0) is 12.5 Å². The first-order valence-corrected chi connectivity index (χ1v) is 11.0. The quantitative estimate of drug-likeness (QED) is 0.522. The van der Waals surface area contributed by atoms with Gasteiger partial charge in [0.25, 0.3) is 5.56 Å². The van der Waals surface area contributed by atoms with Crippen molar-refractivity contribution in [1.82, 2.24) is 14.8 Å². The third-order valence-electron chi connectivity index (χ3n) is 4.67. The summed E-state index contributed by atoms with van der Waals surface area (Å²) < 4.78 is 13.8. The molecule has 11 heteroatoms. The lowest BCUT2D eigenvalue weighted by atomic mass is 10.2. The Labute approximate surface area is 177 Å². The number of thioether (sulfide) groups is 1. The highest BCUT2D eigenvalue weighted by Gasteiger charge is 2.36. The SMILES string of the molecule is O=C(Nc1cc(NCCN2CCNC2)c(=O)n(CCF)c1)C1CC(Cl)C(Cl)S1. The Bertz CT molecular complexity index is 737. The van der Waals surface area contributed by atoms with Crippen LogP contribution >= 0.6 is 35.0 Å². The van der Waals surface area contributed by atoms with Crippen LogP contribution in [0.5, 0.6) is 0 Å². The summed E-state index contributed by atoms with van der Waals surface area (Å²) in [5.41, 5.74) is 0.461. The van der Waals surface area contributed by atoms with E-state index < -0.39 is 6.67 Å². The van der Waals surface area contributed by atoms with Crippen molar-refractivity contribution in [3.05, 3.63) is 22.6 Å². The molecule has 28 heavy (non-hydrogen) atoms. The maximum atomic E-state index is 12.9. The predicted octanol–water partition coefficient (Wildman–Crippen LogP) is 1.71.